The molecule has 0 saturated carbocycles. The minimum atomic E-state index is -0.255. The maximum Gasteiger partial charge on any atom is 0.258 e. The van der Waals surface area contributed by atoms with Crippen LogP contribution in [0.15, 0.2) is 29.6 Å². The van der Waals surface area contributed by atoms with Gasteiger partial charge in [-0.25, -0.2) is 0 Å². The molecular formula is C14H11ClN2O2S. The molecule has 0 radical (unpaired) electrons. The summed E-state index contributed by atoms with van der Waals surface area (Å²) in [5.41, 5.74) is 2.38. The second kappa shape index (κ2) is 4.92. The summed E-state index contributed by atoms with van der Waals surface area (Å²) in [4.78, 5) is 26.9. The summed E-state index contributed by atoms with van der Waals surface area (Å²) in [5, 5.41) is 4.66. The summed E-state index contributed by atoms with van der Waals surface area (Å²) in [6.07, 6.45) is 0. The lowest BCUT2D eigenvalue weighted by molar-refractivity contribution is -0.115. The van der Waals surface area contributed by atoms with Crippen LogP contribution in [0.2, 0.25) is 0 Å². The zero-order valence-electron chi connectivity index (χ0n) is 10.6. The molecule has 0 fully saturated rings. The zero-order chi connectivity index (χ0) is 14.3. The van der Waals surface area contributed by atoms with Crippen LogP contribution in [-0.2, 0) is 4.79 Å². The van der Waals surface area contributed by atoms with Crippen LogP contribution in [0.3, 0.4) is 0 Å². The van der Waals surface area contributed by atoms with Crippen molar-refractivity contribution < 1.29 is 9.59 Å². The largest absolute Gasteiger partial charge is 0.320 e. The Hall–Kier alpha value is -1.85. The molecule has 0 spiro atoms. The van der Waals surface area contributed by atoms with Gasteiger partial charge in [-0.1, -0.05) is 12.1 Å². The van der Waals surface area contributed by atoms with E-state index < -0.39 is 0 Å². The normalized spacial score (nSPS) is 13.3. The molecule has 1 N–H and O–H groups in total. The van der Waals surface area contributed by atoms with E-state index in [4.69, 9.17) is 11.6 Å². The second-order valence-electron chi connectivity index (χ2n) is 4.39. The molecule has 4 nitrogen and oxygen atoms in total. The highest BCUT2D eigenvalue weighted by molar-refractivity contribution is 7.10. The first-order valence-corrected chi connectivity index (χ1v) is 7.42. The fraction of sp³-hybridized carbons (Fsp3) is 0.143. The predicted molar refractivity (Wildman–Crippen MR) is 81.3 cm³/mol. The minimum Gasteiger partial charge on any atom is -0.320 e. The van der Waals surface area contributed by atoms with Crippen LogP contribution < -0.4 is 10.2 Å². The average molecular weight is 307 g/mol. The maximum absolute atomic E-state index is 12.3. The van der Waals surface area contributed by atoms with E-state index in [1.807, 2.05) is 24.4 Å². The number of hydrogen-bond acceptors (Lipinski definition) is 3. The highest BCUT2D eigenvalue weighted by atomic mass is 35.5. The Labute approximate surface area is 125 Å². The van der Waals surface area contributed by atoms with Gasteiger partial charge in [-0.3, -0.25) is 14.5 Å². The number of benzene rings is 1. The molecule has 0 bridgehead atoms. The van der Waals surface area contributed by atoms with Gasteiger partial charge in [0.25, 0.3) is 5.91 Å². The number of carbonyl (C=O) groups is 2. The lowest BCUT2D eigenvalue weighted by Gasteiger charge is -2.21. The molecule has 1 aliphatic heterocycles. The average Bonchev–Trinajstić information content (AvgIpc) is 2.76. The SMILES string of the molecule is Cc1scc2c1C(=O)Nc1ccccc1N2C(=O)CCl. The number of para-hydroxylation sites is 2. The van der Waals surface area contributed by atoms with Crippen LogP contribution in [0.5, 0.6) is 0 Å². The molecule has 0 saturated heterocycles. The monoisotopic (exact) mass is 306 g/mol. The molecule has 1 aromatic heterocycles. The summed E-state index contributed by atoms with van der Waals surface area (Å²) < 4.78 is 0. The van der Waals surface area contributed by atoms with Gasteiger partial charge in [0.1, 0.15) is 5.88 Å². The molecule has 20 heavy (non-hydrogen) atoms. The highest BCUT2D eigenvalue weighted by Crippen LogP contribution is 2.41. The topological polar surface area (TPSA) is 49.4 Å². The van der Waals surface area contributed by atoms with E-state index in [1.54, 1.807) is 12.1 Å². The molecule has 2 aromatic rings. The van der Waals surface area contributed by atoms with Crippen LogP contribution in [0.4, 0.5) is 17.1 Å². The van der Waals surface area contributed by atoms with E-state index in [0.717, 1.165) is 4.88 Å². The van der Waals surface area contributed by atoms with Crippen molar-refractivity contribution in [3.05, 3.63) is 40.1 Å². The number of rotatable bonds is 1. The Balaban J connectivity index is 2.29. The Bertz CT molecular complexity index is 711. The molecule has 6 heteroatoms. The van der Waals surface area contributed by atoms with Crippen molar-refractivity contribution in [1.82, 2.24) is 0 Å². The lowest BCUT2D eigenvalue weighted by atomic mass is 10.2. The third-order valence-corrected chi connectivity index (χ3v) is 4.31. The Morgan fingerprint density at radius 1 is 1.35 bits per heavy atom. The Kier molecular flexibility index (Phi) is 3.23. The number of aryl methyl sites for hydroxylation is 1. The van der Waals surface area contributed by atoms with Gasteiger partial charge in [-0.2, -0.15) is 0 Å². The molecule has 1 aliphatic rings. The number of nitrogens with zero attached hydrogens (tertiary/aromatic N) is 1. The first-order valence-electron chi connectivity index (χ1n) is 6.01. The smallest absolute Gasteiger partial charge is 0.258 e. The van der Waals surface area contributed by atoms with Gasteiger partial charge >= 0.3 is 0 Å². The summed E-state index contributed by atoms with van der Waals surface area (Å²) in [6, 6.07) is 7.20. The second-order valence-corrected chi connectivity index (χ2v) is 5.74. The van der Waals surface area contributed by atoms with E-state index >= 15 is 0 Å². The number of fused-ring (bicyclic) bond motifs is 2. The summed E-state index contributed by atoms with van der Waals surface area (Å²) in [7, 11) is 0. The molecule has 2 heterocycles. The van der Waals surface area contributed by atoms with E-state index in [2.05, 4.69) is 5.32 Å². The number of alkyl halides is 1. The van der Waals surface area contributed by atoms with Crippen molar-refractivity contribution in [3.8, 4) is 0 Å². The van der Waals surface area contributed by atoms with E-state index in [-0.39, 0.29) is 17.7 Å². The van der Waals surface area contributed by atoms with Gasteiger partial charge in [-0.15, -0.1) is 22.9 Å². The van der Waals surface area contributed by atoms with Crippen LogP contribution in [0.1, 0.15) is 15.2 Å². The molecule has 0 unspecified atom stereocenters. The van der Waals surface area contributed by atoms with Gasteiger partial charge in [0, 0.05) is 10.3 Å². The van der Waals surface area contributed by atoms with Crippen molar-refractivity contribution >= 4 is 51.8 Å². The van der Waals surface area contributed by atoms with Crippen LogP contribution in [0, 0.1) is 6.92 Å². The van der Waals surface area contributed by atoms with Gasteiger partial charge in [0.05, 0.1) is 22.6 Å². The van der Waals surface area contributed by atoms with Crippen LogP contribution in [0.25, 0.3) is 0 Å². The quantitative estimate of drug-likeness (QED) is 0.819. The first-order chi connectivity index (χ1) is 9.63. The molecule has 3 rings (SSSR count). The lowest BCUT2D eigenvalue weighted by Crippen LogP contribution is -2.27. The first kappa shape index (κ1) is 13.1. The van der Waals surface area contributed by atoms with Crippen molar-refractivity contribution in [3.63, 3.8) is 0 Å². The molecule has 0 aliphatic carbocycles. The summed E-state index contributed by atoms with van der Waals surface area (Å²) >= 11 is 7.16. The number of hydrogen-bond donors (Lipinski definition) is 1. The van der Waals surface area contributed by atoms with Gasteiger partial charge in [0.2, 0.25) is 5.91 Å². The number of halogens is 1. The third kappa shape index (κ3) is 1.90. The number of thiophene rings is 1. The third-order valence-electron chi connectivity index (χ3n) is 3.18. The van der Waals surface area contributed by atoms with Crippen molar-refractivity contribution in [2.75, 3.05) is 16.1 Å². The van der Waals surface area contributed by atoms with Gasteiger partial charge < -0.3 is 5.32 Å². The minimum absolute atomic E-state index is 0.142. The van der Waals surface area contributed by atoms with Crippen molar-refractivity contribution in [1.29, 1.82) is 0 Å². The standard InChI is InChI=1S/C14H11ClN2O2S/c1-8-13-11(7-20-8)17(12(18)6-15)10-5-3-2-4-9(10)16-14(13)19/h2-5,7H,6H2,1H3,(H,16,19). The van der Waals surface area contributed by atoms with Crippen molar-refractivity contribution in [2.45, 2.75) is 6.92 Å². The van der Waals surface area contributed by atoms with E-state index in [0.29, 0.717) is 22.6 Å². The summed E-state index contributed by atoms with van der Waals surface area (Å²) in [5.74, 6) is -0.595. The summed E-state index contributed by atoms with van der Waals surface area (Å²) in [6.45, 7) is 1.86. The zero-order valence-corrected chi connectivity index (χ0v) is 12.2. The van der Waals surface area contributed by atoms with Crippen molar-refractivity contribution in [2.24, 2.45) is 0 Å². The molecular weight excluding hydrogens is 296 g/mol. The van der Waals surface area contributed by atoms with Crippen LogP contribution >= 0.6 is 22.9 Å². The predicted octanol–water partition coefficient (Wildman–Crippen LogP) is 3.53. The van der Waals surface area contributed by atoms with E-state index in [9.17, 15) is 9.59 Å². The fourth-order valence-electron chi connectivity index (χ4n) is 2.30. The van der Waals surface area contributed by atoms with Crippen LogP contribution in [-0.4, -0.2) is 17.7 Å². The number of carbonyl (C=O) groups excluding carboxylic acids is 2. The maximum atomic E-state index is 12.3. The fourth-order valence-corrected chi connectivity index (χ4v) is 3.25. The van der Waals surface area contributed by atoms with E-state index in [1.165, 1.54) is 16.2 Å². The number of anilines is 3. The molecule has 0 atom stereocenters. The Morgan fingerprint density at radius 2 is 2.10 bits per heavy atom. The molecule has 2 amide bonds. The highest BCUT2D eigenvalue weighted by Gasteiger charge is 2.30. The van der Waals surface area contributed by atoms with Gasteiger partial charge in [-0.05, 0) is 19.1 Å². The number of amides is 2. The Morgan fingerprint density at radius 3 is 2.85 bits per heavy atom. The molecule has 102 valence electrons. The molecule has 1 aromatic carbocycles. The number of nitrogens with one attached hydrogen (secondary N) is 1. The van der Waals surface area contributed by atoms with Gasteiger partial charge in [0.15, 0.2) is 0 Å².